The number of carboxylic acid groups (broad SMARTS) is 1. The van der Waals surface area contributed by atoms with E-state index in [0.717, 1.165) is 11.1 Å². The van der Waals surface area contributed by atoms with Crippen LogP contribution in [0.25, 0.3) is 0 Å². The van der Waals surface area contributed by atoms with E-state index < -0.39 is 5.97 Å². The third-order valence-corrected chi connectivity index (χ3v) is 2.69. The molecule has 1 aliphatic carbocycles. The molecule has 1 atom stereocenters. The summed E-state index contributed by atoms with van der Waals surface area (Å²) in [5.41, 5.74) is 2.21. The van der Waals surface area contributed by atoms with Crippen molar-refractivity contribution in [2.24, 2.45) is 5.92 Å². The van der Waals surface area contributed by atoms with Gasteiger partial charge in [-0.2, -0.15) is 0 Å². The molecule has 0 aromatic heterocycles. The lowest BCUT2D eigenvalue weighted by molar-refractivity contribution is -0.141. The van der Waals surface area contributed by atoms with Gasteiger partial charge in [0.25, 0.3) is 0 Å². The van der Waals surface area contributed by atoms with Gasteiger partial charge in [0.15, 0.2) is 0 Å². The second kappa shape index (κ2) is 3.04. The Balaban J connectivity index is 2.30. The number of carboxylic acids is 1. The number of rotatable bonds is 1. The van der Waals surface area contributed by atoms with Crippen LogP contribution in [0, 0.1) is 5.92 Å². The Labute approximate surface area is 81.1 Å². The Morgan fingerprint density at radius 3 is 2.77 bits per heavy atom. The fourth-order valence-electron chi connectivity index (χ4n) is 1.76. The van der Waals surface area contributed by atoms with Gasteiger partial charge in [0, 0.05) is 5.02 Å². The molecule has 13 heavy (non-hydrogen) atoms. The number of hydrogen-bond donors (Lipinski definition) is 1. The van der Waals surface area contributed by atoms with Crippen molar-refractivity contribution in [1.82, 2.24) is 0 Å². The molecule has 1 N–H and O–H groups in total. The van der Waals surface area contributed by atoms with Crippen LogP contribution in [0.3, 0.4) is 0 Å². The molecule has 2 rings (SSSR count). The molecule has 68 valence electrons. The molecule has 1 aromatic rings. The predicted molar refractivity (Wildman–Crippen MR) is 50.0 cm³/mol. The minimum Gasteiger partial charge on any atom is -0.481 e. The Hall–Kier alpha value is -1.02. The molecular weight excluding hydrogens is 188 g/mol. The molecule has 0 fully saturated rings. The van der Waals surface area contributed by atoms with Crippen molar-refractivity contribution in [3.63, 3.8) is 0 Å². The normalized spacial score (nSPS) is 19.9. The maximum atomic E-state index is 10.7. The van der Waals surface area contributed by atoms with Gasteiger partial charge in [-0.25, -0.2) is 0 Å². The van der Waals surface area contributed by atoms with Crippen LogP contribution in [0.15, 0.2) is 18.2 Å². The van der Waals surface area contributed by atoms with Crippen LogP contribution in [0.2, 0.25) is 5.02 Å². The average molecular weight is 197 g/mol. The Morgan fingerprint density at radius 1 is 1.38 bits per heavy atom. The summed E-state index contributed by atoms with van der Waals surface area (Å²) in [7, 11) is 0. The number of aliphatic carboxylic acids is 1. The molecular formula is C10H9ClO2. The quantitative estimate of drug-likeness (QED) is 0.747. The minimum atomic E-state index is -0.715. The molecule has 0 spiro atoms. The van der Waals surface area contributed by atoms with E-state index >= 15 is 0 Å². The molecule has 1 aliphatic rings. The fourth-order valence-corrected chi connectivity index (χ4v) is 1.96. The predicted octanol–water partition coefficient (Wildman–Crippen LogP) is 2.14. The Kier molecular flexibility index (Phi) is 2.00. The summed E-state index contributed by atoms with van der Waals surface area (Å²) in [6, 6.07) is 5.59. The molecule has 0 saturated heterocycles. The lowest BCUT2D eigenvalue weighted by atomic mass is 10.1. The van der Waals surface area contributed by atoms with E-state index in [2.05, 4.69) is 0 Å². The summed E-state index contributed by atoms with van der Waals surface area (Å²) in [6.45, 7) is 0. The SMILES string of the molecule is O=C(O)C1Cc2ccc(Cl)cc2C1. The highest BCUT2D eigenvalue weighted by atomic mass is 35.5. The first-order chi connectivity index (χ1) is 6.16. The van der Waals surface area contributed by atoms with Crippen LogP contribution in [-0.4, -0.2) is 11.1 Å². The zero-order valence-corrected chi connectivity index (χ0v) is 7.71. The molecule has 1 unspecified atom stereocenters. The minimum absolute atomic E-state index is 0.256. The van der Waals surface area contributed by atoms with E-state index in [0.29, 0.717) is 17.9 Å². The highest BCUT2D eigenvalue weighted by molar-refractivity contribution is 6.30. The molecule has 0 saturated carbocycles. The van der Waals surface area contributed by atoms with E-state index in [-0.39, 0.29) is 5.92 Å². The van der Waals surface area contributed by atoms with Gasteiger partial charge in [-0.15, -0.1) is 0 Å². The number of fused-ring (bicyclic) bond motifs is 1. The van der Waals surface area contributed by atoms with Crippen LogP contribution in [0.4, 0.5) is 0 Å². The molecule has 2 nitrogen and oxygen atoms in total. The molecule has 3 heteroatoms. The van der Waals surface area contributed by atoms with Gasteiger partial charge in [-0.05, 0) is 36.1 Å². The second-order valence-corrected chi connectivity index (χ2v) is 3.79. The summed E-state index contributed by atoms with van der Waals surface area (Å²) in [6.07, 6.45) is 1.26. The van der Waals surface area contributed by atoms with E-state index in [9.17, 15) is 4.79 Å². The number of benzene rings is 1. The zero-order chi connectivity index (χ0) is 9.42. The lowest BCUT2D eigenvalue weighted by Crippen LogP contribution is -2.12. The first-order valence-corrected chi connectivity index (χ1v) is 4.54. The van der Waals surface area contributed by atoms with Crippen LogP contribution in [0.1, 0.15) is 11.1 Å². The second-order valence-electron chi connectivity index (χ2n) is 3.36. The molecule has 0 heterocycles. The molecule has 0 amide bonds. The van der Waals surface area contributed by atoms with Gasteiger partial charge in [0.1, 0.15) is 0 Å². The maximum absolute atomic E-state index is 10.7. The van der Waals surface area contributed by atoms with Crippen molar-refractivity contribution in [1.29, 1.82) is 0 Å². The molecule has 0 aliphatic heterocycles. The van der Waals surface area contributed by atoms with Gasteiger partial charge in [-0.1, -0.05) is 17.7 Å². The summed E-state index contributed by atoms with van der Waals surface area (Å²) in [4.78, 5) is 10.7. The fraction of sp³-hybridized carbons (Fsp3) is 0.300. The summed E-state index contributed by atoms with van der Waals surface area (Å²) >= 11 is 5.80. The van der Waals surface area contributed by atoms with E-state index in [1.54, 1.807) is 0 Å². The molecule has 1 aromatic carbocycles. The highest BCUT2D eigenvalue weighted by Crippen LogP contribution is 2.28. The third kappa shape index (κ3) is 1.54. The first kappa shape index (κ1) is 8.57. The maximum Gasteiger partial charge on any atom is 0.307 e. The first-order valence-electron chi connectivity index (χ1n) is 4.17. The average Bonchev–Trinajstić information content (AvgIpc) is 2.46. The van der Waals surface area contributed by atoms with Crippen LogP contribution < -0.4 is 0 Å². The van der Waals surface area contributed by atoms with Gasteiger partial charge < -0.3 is 5.11 Å². The largest absolute Gasteiger partial charge is 0.481 e. The van der Waals surface area contributed by atoms with Gasteiger partial charge >= 0.3 is 5.97 Å². The lowest BCUT2D eigenvalue weighted by Gasteiger charge is -1.98. The zero-order valence-electron chi connectivity index (χ0n) is 6.96. The number of carbonyl (C=O) groups is 1. The van der Waals surface area contributed by atoms with E-state index in [1.807, 2.05) is 18.2 Å². The van der Waals surface area contributed by atoms with Crippen LogP contribution >= 0.6 is 11.6 Å². The topological polar surface area (TPSA) is 37.3 Å². The smallest absolute Gasteiger partial charge is 0.307 e. The summed E-state index contributed by atoms with van der Waals surface area (Å²) < 4.78 is 0. The molecule has 0 bridgehead atoms. The number of halogens is 1. The van der Waals surface area contributed by atoms with Crippen LogP contribution in [0.5, 0.6) is 0 Å². The monoisotopic (exact) mass is 196 g/mol. The Bertz CT molecular complexity index is 360. The summed E-state index contributed by atoms with van der Waals surface area (Å²) in [5.74, 6) is -0.971. The van der Waals surface area contributed by atoms with Crippen molar-refractivity contribution >= 4 is 17.6 Å². The van der Waals surface area contributed by atoms with Gasteiger partial charge in [-0.3, -0.25) is 4.79 Å². The van der Waals surface area contributed by atoms with E-state index in [1.165, 1.54) is 0 Å². The number of hydrogen-bond acceptors (Lipinski definition) is 1. The standard InChI is InChI=1S/C10H9ClO2/c11-9-2-1-6-3-8(10(12)13)4-7(6)5-9/h1-2,5,8H,3-4H2,(H,12,13). The van der Waals surface area contributed by atoms with Crippen molar-refractivity contribution < 1.29 is 9.90 Å². The van der Waals surface area contributed by atoms with Crippen molar-refractivity contribution in [2.75, 3.05) is 0 Å². The third-order valence-electron chi connectivity index (χ3n) is 2.45. The van der Waals surface area contributed by atoms with Gasteiger partial charge in [0.05, 0.1) is 5.92 Å². The highest BCUT2D eigenvalue weighted by Gasteiger charge is 2.26. The summed E-state index contributed by atoms with van der Waals surface area (Å²) in [5, 5.41) is 9.51. The molecule has 0 radical (unpaired) electrons. The Morgan fingerprint density at radius 2 is 2.08 bits per heavy atom. The van der Waals surface area contributed by atoms with Gasteiger partial charge in [0.2, 0.25) is 0 Å². The van der Waals surface area contributed by atoms with E-state index in [4.69, 9.17) is 16.7 Å². The van der Waals surface area contributed by atoms with Crippen molar-refractivity contribution in [2.45, 2.75) is 12.8 Å². The van der Waals surface area contributed by atoms with Crippen LogP contribution in [-0.2, 0) is 17.6 Å². The van der Waals surface area contributed by atoms with Crippen molar-refractivity contribution in [3.8, 4) is 0 Å². The van der Waals surface area contributed by atoms with Crippen molar-refractivity contribution in [3.05, 3.63) is 34.3 Å².